The number of hydrogen-bond acceptors (Lipinski definition) is 2. The molecule has 1 aromatic carbocycles. The minimum absolute atomic E-state index is 0.386. The topological polar surface area (TPSA) is 15.3 Å². The number of benzene rings is 1. The predicted molar refractivity (Wildman–Crippen MR) is 67.7 cm³/mol. The van der Waals surface area contributed by atoms with Crippen LogP contribution in [0.2, 0.25) is 0 Å². The SMILES string of the molecule is CCNC1C=CN(Cc2ccccc2)C=C1. The summed E-state index contributed by atoms with van der Waals surface area (Å²) in [5, 5.41) is 3.37. The lowest BCUT2D eigenvalue weighted by Gasteiger charge is -2.22. The Morgan fingerprint density at radius 3 is 2.44 bits per heavy atom. The predicted octanol–water partition coefficient (Wildman–Crippen LogP) is 2.51. The van der Waals surface area contributed by atoms with Gasteiger partial charge in [-0.2, -0.15) is 0 Å². The third-order valence-electron chi connectivity index (χ3n) is 2.62. The first-order valence-corrected chi connectivity index (χ1v) is 5.78. The van der Waals surface area contributed by atoms with Crippen LogP contribution in [0.4, 0.5) is 0 Å². The Balaban J connectivity index is 1.90. The van der Waals surface area contributed by atoms with Gasteiger partial charge in [0.25, 0.3) is 0 Å². The Hall–Kier alpha value is -1.54. The molecule has 2 nitrogen and oxygen atoms in total. The summed E-state index contributed by atoms with van der Waals surface area (Å²) in [7, 11) is 0. The summed E-state index contributed by atoms with van der Waals surface area (Å²) in [6.07, 6.45) is 8.65. The maximum Gasteiger partial charge on any atom is 0.0469 e. The van der Waals surface area contributed by atoms with Gasteiger partial charge in [-0.25, -0.2) is 0 Å². The smallest absolute Gasteiger partial charge is 0.0469 e. The Bertz CT molecular complexity index is 354. The quantitative estimate of drug-likeness (QED) is 0.828. The lowest BCUT2D eigenvalue weighted by atomic mass is 10.2. The van der Waals surface area contributed by atoms with E-state index in [2.05, 4.69) is 66.0 Å². The van der Waals surface area contributed by atoms with E-state index in [9.17, 15) is 0 Å². The number of likely N-dealkylation sites (N-methyl/N-ethyl adjacent to an activating group) is 1. The van der Waals surface area contributed by atoms with Gasteiger partial charge < -0.3 is 10.2 Å². The van der Waals surface area contributed by atoms with Crippen LogP contribution in [0.5, 0.6) is 0 Å². The van der Waals surface area contributed by atoms with Gasteiger partial charge in [-0.1, -0.05) is 37.3 Å². The van der Waals surface area contributed by atoms with Crippen molar-refractivity contribution in [2.45, 2.75) is 19.5 Å². The van der Waals surface area contributed by atoms with Gasteiger partial charge in [-0.3, -0.25) is 0 Å². The highest BCUT2D eigenvalue weighted by atomic mass is 15.1. The van der Waals surface area contributed by atoms with Crippen LogP contribution in [0.25, 0.3) is 0 Å². The van der Waals surface area contributed by atoms with Gasteiger partial charge in [0.15, 0.2) is 0 Å². The molecule has 2 rings (SSSR count). The van der Waals surface area contributed by atoms with Crippen LogP contribution in [0.15, 0.2) is 54.9 Å². The molecule has 0 saturated carbocycles. The van der Waals surface area contributed by atoms with Crippen molar-refractivity contribution in [3.05, 3.63) is 60.4 Å². The molecule has 0 aliphatic carbocycles. The molecule has 0 radical (unpaired) electrons. The van der Waals surface area contributed by atoms with Crippen molar-refractivity contribution in [1.82, 2.24) is 10.2 Å². The minimum atomic E-state index is 0.386. The lowest BCUT2D eigenvalue weighted by Crippen LogP contribution is -2.28. The van der Waals surface area contributed by atoms with Crippen molar-refractivity contribution in [2.75, 3.05) is 6.54 Å². The highest BCUT2D eigenvalue weighted by molar-refractivity contribution is 5.18. The summed E-state index contributed by atoms with van der Waals surface area (Å²) in [6.45, 7) is 4.06. The van der Waals surface area contributed by atoms with Gasteiger partial charge in [0.2, 0.25) is 0 Å². The molecule has 0 atom stereocenters. The van der Waals surface area contributed by atoms with Crippen molar-refractivity contribution in [3.63, 3.8) is 0 Å². The van der Waals surface area contributed by atoms with Crippen LogP contribution in [-0.4, -0.2) is 17.5 Å². The molecule has 1 N–H and O–H groups in total. The van der Waals surface area contributed by atoms with E-state index in [-0.39, 0.29) is 0 Å². The lowest BCUT2D eigenvalue weighted by molar-refractivity contribution is 0.482. The molecule has 0 saturated heterocycles. The molecule has 1 aliphatic heterocycles. The van der Waals surface area contributed by atoms with Gasteiger partial charge in [-0.15, -0.1) is 0 Å². The maximum absolute atomic E-state index is 3.37. The van der Waals surface area contributed by atoms with Gasteiger partial charge in [0, 0.05) is 25.0 Å². The number of rotatable bonds is 4. The molecule has 84 valence electrons. The third kappa shape index (κ3) is 2.97. The Kier molecular flexibility index (Phi) is 3.78. The van der Waals surface area contributed by atoms with E-state index >= 15 is 0 Å². The highest BCUT2D eigenvalue weighted by Gasteiger charge is 2.05. The standard InChI is InChI=1S/C14H18N2/c1-2-15-14-8-10-16(11-9-14)12-13-6-4-3-5-7-13/h3-11,14-15H,2,12H2,1H3. The summed E-state index contributed by atoms with van der Waals surface area (Å²) in [5.74, 6) is 0. The van der Waals surface area contributed by atoms with E-state index in [1.165, 1.54) is 5.56 Å². The number of nitrogens with one attached hydrogen (secondary N) is 1. The molecule has 0 aromatic heterocycles. The van der Waals surface area contributed by atoms with Crippen molar-refractivity contribution in [2.24, 2.45) is 0 Å². The molecule has 1 aliphatic rings. The van der Waals surface area contributed by atoms with Gasteiger partial charge in [0.1, 0.15) is 0 Å². The number of nitrogens with zero attached hydrogens (tertiary/aromatic N) is 1. The van der Waals surface area contributed by atoms with E-state index in [0.717, 1.165) is 13.1 Å². The van der Waals surface area contributed by atoms with Gasteiger partial charge in [0.05, 0.1) is 0 Å². The molecule has 0 bridgehead atoms. The normalized spacial score (nSPS) is 15.7. The molecule has 0 fully saturated rings. The van der Waals surface area contributed by atoms with Crippen LogP contribution in [0.1, 0.15) is 12.5 Å². The van der Waals surface area contributed by atoms with Crippen molar-refractivity contribution < 1.29 is 0 Å². The summed E-state index contributed by atoms with van der Waals surface area (Å²) < 4.78 is 0. The second kappa shape index (κ2) is 5.52. The zero-order valence-corrected chi connectivity index (χ0v) is 9.63. The number of hydrogen-bond donors (Lipinski definition) is 1. The average molecular weight is 214 g/mol. The first kappa shape index (κ1) is 11.0. The summed E-state index contributed by atoms with van der Waals surface area (Å²) in [6, 6.07) is 10.9. The molecule has 16 heavy (non-hydrogen) atoms. The maximum atomic E-state index is 3.37. The largest absolute Gasteiger partial charge is 0.350 e. The third-order valence-corrected chi connectivity index (χ3v) is 2.62. The molecular weight excluding hydrogens is 196 g/mol. The van der Waals surface area contributed by atoms with Crippen LogP contribution in [0.3, 0.4) is 0 Å². The zero-order valence-electron chi connectivity index (χ0n) is 9.63. The van der Waals surface area contributed by atoms with Crippen LogP contribution in [0, 0.1) is 0 Å². The van der Waals surface area contributed by atoms with Gasteiger partial charge in [-0.05, 0) is 24.3 Å². The van der Waals surface area contributed by atoms with Crippen molar-refractivity contribution in [1.29, 1.82) is 0 Å². The highest BCUT2D eigenvalue weighted by Crippen LogP contribution is 2.09. The minimum Gasteiger partial charge on any atom is -0.350 e. The van der Waals surface area contributed by atoms with Crippen LogP contribution < -0.4 is 5.32 Å². The van der Waals surface area contributed by atoms with E-state index in [1.54, 1.807) is 0 Å². The van der Waals surface area contributed by atoms with Gasteiger partial charge >= 0.3 is 0 Å². The average Bonchev–Trinajstić information content (AvgIpc) is 2.33. The van der Waals surface area contributed by atoms with Crippen molar-refractivity contribution >= 4 is 0 Å². The Labute approximate surface area is 97.3 Å². The second-order valence-corrected chi connectivity index (χ2v) is 3.92. The first-order valence-electron chi connectivity index (χ1n) is 5.78. The second-order valence-electron chi connectivity index (χ2n) is 3.92. The van der Waals surface area contributed by atoms with Crippen molar-refractivity contribution in [3.8, 4) is 0 Å². The monoisotopic (exact) mass is 214 g/mol. The summed E-state index contributed by atoms with van der Waals surface area (Å²) in [4.78, 5) is 2.20. The zero-order chi connectivity index (χ0) is 11.2. The van der Waals surface area contributed by atoms with E-state index in [1.807, 2.05) is 6.07 Å². The fourth-order valence-electron chi connectivity index (χ4n) is 1.79. The molecule has 1 aromatic rings. The first-order chi connectivity index (χ1) is 7.88. The fraction of sp³-hybridized carbons (Fsp3) is 0.286. The molecule has 0 spiro atoms. The Morgan fingerprint density at radius 2 is 1.81 bits per heavy atom. The molecular formula is C14H18N2. The van der Waals surface area contributed by atoms with Crippen LogP contribution in [-0.2, 0) is 6.54 Å². The van der Waals surface area contributed by atoms with E-state index in [4.69, 9.17) is 0 Å². The summed E-state index contributed by atoms with van der Waals surface area (Å²) in [5.41, 5.74) is 1.33. The molecule has 0 unspecified atom stereocenters. The molecule has 0 amide bonds. The molecule has 2 heteroatoms. The molecule has 1 heterocycles. The van der Waals surface area contributed by atoms with Crippen LogP contribution >= 0.6 is 0 Å². The fourth-order valence-corrected chi connectivity index (χ4v) is 1.79. The Morgan fingerprint density at radius 1 is 1.12 bits per heavy atom. The summed E-state index contributed by atoms with van der Waals surface area (Å²) >= 11 is 0. The van der Waals surface area contributed by atoms with E-state index < -0.39 is 0 Å². The van der Waals surface area contributed by atoms with E-state index in [0.29, 0.717) is 6.04 Å².